The summed E-state index contributed by atoms with van der Waals surface area (Å²) in [5.41, 5.74) is 3.99. The molecule has 0 bridgehead atoms. The van der Waals surface area contributed by atoms with E-state index in [1.807, 2.05) is 60.7 Å². The third kappa shape index (κ3) is 6.95. The molecule has 1 saturated heterocycles. The van der Waals surface area contributed by atoms with Gasteiger partial charge in [-0.2, -0.15) is 0 Å². The van der Waals surface area contributed by atoms with Crippen molar-refractivity contribution in [2.45, 2.75) is 49.9 Å². The quantitative estimate of drug-likeness (QED) is 0.356. The van der Waals surface area contributed by atoms with Crippen LogP contribution in [-0.2, 0) is 27.4 Å². The lowest BCUT2D eigenvalue weighted by atomic mass is 10.0. The number of hydrogen-bond acceptors (Lipinski definition) is 6. The van der Waals surface area contributed by atoms with Crippen LogP contribution in [0.1, 0.15) is 58.4 Å². The van der Waals surface area contributed by atoms with E-state index in [2.05, 4.69) is 5.32 Å². The zero-order valence-electron chi connectivity index (χ0n) is 19.9. The molecule has 0 radical (unpaired) electrons. The molecule has 1 fully saturated rings. The number of carboxylic acid groups (broad SMARTS) is 1. The van der Waals surface area contributed by atoms with Gasteiger partial charge in [-0.1, -0.05) is 48.5 Å². The second kappa shape index (κ2) is 12.2. The van der Waals surface area contributed by atoms with Crippen molar-refractivity contribution >= 4 is 23.6 Å². The molecule has 0 aliphatic carbocycles. The van der Waals surface area contributed by atoms with Crippen molar-refractivity contribution in [3.63, 3.8) is 0 Å². The average Bonchev–Trinajstić information content (AvgIpc) is 2.91. The Labute approximate surface area is 214 Å². The summed E-state index contributed by atoms with van der Waals surface area (Å²) in [6, 6.07) is 22.4. The number of thioether (sulfide) groups is 1. The van der Waals surface area contributed by atoms with Gasteiger partial charge >= 0.3 is 5.97 Å². The molecule has 1 aliphatic heterocycles. The number of ether oxygens (including phenoxy) is 2. The van der Waals surface area contributed by atoms with Crippen molar-refractivity contribution in [1.29, 1.82) is 0 Å². The van der Waals surface area contributed by atoms with Crippen molar-refractivity contribution in [2.75, 3.05) is 5.75 Å². The van der Waals surface area contributed by atoms with Crippen LogP contribution in [0.3, 0.4) is 0 Å². The van der Waals surface area contributed by atoms with E-state index in [9.17, 15) is 14.7 Å². The number of aliphatic hydroxyl groups excluding tert-OH is 1. The van der Waals surface area contributed by atoms with Crippen LogP contribution in [0.4, 0.5) is 0 Å². The summed E-state index contributed by atoms with van der Waals surface area (Å²) in [5.74, 6) is -0.343. The van der Waals surface area contributed by atoms with Gasteiger partial charge in [-0.05, 0) is 41.0 Å². The highest BCUT2D eigenvalue weighted by molar-refractivity contribution is 7.99. The van der Waals surface area contributed by atoms with Gasteiger partial charge in [-0.25, -0.2) is 4.79 Å². The highest BCUT2D eigenvalue weighted by atomic mass is 32.2. The third-order valence-corrected chi connectivity index (χ3v) is 7.09. The fourth-order valence-electron chi connectivity index (χ4n) is 3.92. The summed E-state index contributed by atoms with van der Waals surface area (Å²) in [6.45, 7) is 1.94. The third-order valence-electron chi connectivity index (χ3n) is 5.95. The minimum Gasteiger partial charge on any atom is -0.478 e. The Kier molecular flexibility index (Phi) is 8.77. The summed E-state index contributed by atoms with van der Waals surface area (Å²) < 4.78 is 12.7. The minimum absolute atomic E-state index is 0.0116. The highest BCUT2D eigenvalue weighted by Gasteiger charge is 2.32. The second-order valence-corrected chi connectivity index (χ2v) is 9.74. The first-order valence-corrected chi connectivity index (χ1v) is 12.7. The average molecular weight is 508 g/mol. The molecule has 0 spiro atoms. The van der Waals surface area contributed by atoms with E-state index in [0.717, 1.165) is 27.1 Å². The lowest BCUT2D eigenvalue weighted by molar-refractivity contribution is -0.245. The second-order valence-electron chi connectivity index (χ2n) is 8.64. The maximum atomic E-state index is 11.2. The molecular weight excluding hydrogens is 478 g/mol. The topological polar surface area (TPSA) is 105 Å². The molecule has 3 unspecified atom stereocenters. The maximum Gasteiger partial charge on any atom is 0.335 e. The molecule has 4 rings (SSSR count). The number of benzene rings is 3. The van der Waals surface area contributed by atoms with E-state index >= 15 is 0 Å². The summed E-state index contributed by atoms with van der Waals surface area (Å²) >= 11 is 1.61. The fourth-order valence-corrected chi connectivity index (χ4v) is 4.85. The van der Waals surface area contributed by atoms with Gasteiger partial charge in [0.15, 0.2) is 6.29 Å². The summed E-state index contributed by atoms with van der Waals surface area (Å²) in [7, 11) is 0. The van der Waals surface area contributed by atoms with Gasteiger partial charge in [0.05, 0.1) is 24.4 Å². The maximum absolute atomic E-state index is 11.2. The standard InChI is InChI=1S/C28H29NO6S/c1-18(31)29-15-19-2-8-23(9-3-19)28-34-24(17-36-25-12-10-22(11-13-25)27(32)33)14-26(35-28)21-6-4-20(16-30)5-7-21/h2-13,24,26,28,30H,14-17H2,1H3,(H,29,31)(H,32,33). The molecule has 7 nitrogen and oxygen atoms in total. The molecule has 0 aromatic heterocycles. The van der Waals surface area contributed by atoms with E-state index in [1.54, 1.807) is 23.9 Å². The molecule has 3 N–H and O–H groups in total. The van der Waals surface area contributed by atoms with Crippen LogP contribution in [0.5, 0.6) is 0 Å². The predicted molar refractivity (Wildman–Crippen MR) is 137 cm³/mol. The van der Waals surface area contributed by atoms with Crippen molar-refractivity contribution in [2.24, 2.45) is 0 Å². The van der Waals surface area contributed by atoms with Crippen molar-refractivity contribution in [1.82, 2.24) is 5.32 Å². The Bertz CT molecular complexity index is 1160. The Hall–Kier alpha value is -3.17. The van der Waals surface area contributed by atoms with Gasteiger partial charge in [0.2, 0.25) is 5.91 Å². The summed E-state index contributed by atoms with van der Waals surface area (Å²) in [5, 5.41) is 21.3. The highest BCUT2D eigenvalue weighted by Crippen LogP contribution is 2.39. The van der Waals surface area contributed by atoms with Crippen LogP contribution in [-0.4, -0.2) is 33.9 Å². The zero-order valence-corrected chi connectivity index (χ0v) is 20.7. The van der Waals surface area contributed by atoms with Gasteiger partial charge in [0.1, 0.15) is 0 Å². The molecule has 3 aromatic rings. The Balaban J connectivity index is 1.49. The first kappa shape index (κ1) is 25.9. The van der Waals surface area contributed by atoms with E-state index in [-0.39, 0.29) is 30.3 Å². The van der Waals surface area contributed by atoms with Crippen molar-refractivity contribution < 1.29 is 29.3 Å². The van der Waals surface area contributed by atoms with Gasteiger partial charge in [0, 0.05) is 36.1 Å². The fraction of sp³-hybridized carbons (Fsp3) is 0.286. The van der Waals surface area contributed by atoms with Crippen molar-refractivity contribution in [3.8, 4) is 0 Å². The van der Waals surface area contributed by atoms with Crippen LogP contribution >= 0.6 is 11.8 Å². The number of carbonyl (C=O) groups is 2. The number of carbonyl (C=O) groups excluding carboxylic acids is 1. The molecule has 3 atom stereocenters. The molecule has 1 heterocycles. The van der Waals surface area contributed by atoms with Crippen LogP contribution < -0.4 is 5.32 Å². The van der Waals surface area contributed by atoms with Gasteiger partial charge in [-0.3, -0.25) is 4.79 Å². The smallest absolute Gasteiger partial charge is 0.335 e. The number of carboxylic acids is 1. The van der Waals surface area contributed by atoms with E-state index in [4.69, 9.17) is 14.6 Å². The van der Waals surface area contributed by atoms with E-state index in [1.165, 1.54) is 6.92 Å². The first-order chi connectivity index (χ1) is 17.4. The Morgan fingerprint density at radius 2 is 1.56 bits per heavy atom. The lowest BCUT2D eigenvalue weighted by Gasteiger charge is -2.36. The number of aromatic carboxylic acids is 1. The molecule has 0 saturated carbocycles. The minimum atomic E-state index is -0.944. The molecule has 8 heteroatoms. The number of hydrogen-bond donors (Lipinski definition) is 3. The Morgan fingerprint density at radius 1 is 0.917 bits per heavy atom. The van der Waals surface area contributed by atoms with Gasteiger partial charge in [-0.15, -0.1) is 11.8 Å². The largest absolute Gasteiger partial charge is 0.478 e. The molecule has 1 aliphatic rings. The lowest BCUT2D eigenvalue weighted by Crippen LogP contribution is -2.31. The number of rotatable bonds is 9. The molecule has 36 heavy (non-hydrogen) atoms. The Morgan fingerprint density at radius 3 is 2.17 bits per heavy atom. The normalized spacial score (nSPS) is 19.6. The van der Waals surface area contributed by atoms with Gasteiger partial charge < -0.3 is 25.0 Å². The summed E-state index contributed by atoms with van der Waals surface area (Å²) in [4.78, 5) is 23.3. The monoisotopic (exact) mass is 507 g/mol. The molecular formula is C28H29NO6S. The molecule has 3 aromatic carbocycles. The zero-order chi connectivity index (χ0) is 25.5. The van der Waals surface area contributed by atoms with E-state index < -0.39 is 12.3 Å². The van der Waals surface area contributed by atoms with Gasteiger partial charge in [0.25, 0.3) is 0 Å². The number of amides is 1. The van der Waals surface area contributed by atoms with E-state index in [0.29, 0.717) is 18.7 Å². The number of aliphatic hydroxyl groups is 1. The van der Waals surface area contributed by atoms with Crippen molar-refractivity contribution in [3.05, 3.63) is 101 Å². The predicted octanol–water partition coefficient (Wildman–Crippen LogP) is 4.85. The van der Waals surface area contributed by atoms with Crippen LogP contribution in [0.25, 0.3) is 0 Å². The van der Waals surface area contributed by atoms with Crippen LogP contribution in [0.2, 0.25) is 0 Å². The first-order valence-electron chi connectivity index (χ1n) is 11.7. The SMILES string of the molecule is CC(=O)NCc1ccc(C2OC(CSc3ccc(C(=O)O)cc3)CC(c3ccc(CO)cc3)O2)cc1. The van der Waals surface area contributed by atoms with Crippen LogP contribution in [0.15, 0.2) is 77.7 Å². The molecule has 1 amide bonds. The summed E-state index contributed by atoms with van der Waals surface area (Å²) in [6.07, 6.45) is -0.184. The number of nitrogens with one attached hydrogen (secondary N) is 1. The molecule has 188 valence electrons. The van der Waals surface area contributed by atoms with Crippen LogP contribution in [0, 0.1) is 0 Å².